The molecule has 2 aromatic rings. The predicted octanol–water partition coefficient (Wildman–Crippen LogP) is 4.18. The third kappa shape index (κ3) is 3.13. The van der Waals surface area contributed by atoms with E-state index < -0.39 is 0 Å². The Hall–Kier alpha value is -2.36. The molecule has 3 heterocycles. The number of anilines is 2. The fourth-order valence-corrected chi connectivity index (χ4v) is 4.08. The maximum Gasteiger partial charge on any atom is 0.272 e. The summed E-state index contributed by atoms with van der Waals surface area (Å²) in [6.45, 7) is 3.94. The highest BCUT2D eigenvalue weighted by atomic mass is 16.2. The first kappa shape index (κ1) is 16.1. The molecular formula is C21H25N3O. The van der Waals surface area contributed by atoms with Gasteiger partial charge in [-0.05, 0) is 49.9 Å². The lowest BCUT2D eigenvalue weighted by molar-refractivity contribution is 0.0756. The average Bonchev–Trinajstić information content (AvgIpc) is 2.80. The molecule has 0 N–H and O–H groups in total. The minimum atomic E-state index is 0.0730. The second-order valence-corrected chi connectivity index (χ2v) is 7.16. The van der Waals surface area contributed by atoms with E-state index in [2.05, 4.69) is 41.1 Å². The number of pyridine rings is 1. The van der Waals surface area contributed by atoms with Crippen LogP contribution in [0.25, 0.3) is 0 Å². The average molecular weight is 335 g/mol. The molecule has 1 fully saturated rings. The molecule has 1 saturated heterocycles. The fourth-order valence-electron chi connectivity index (χ4n) is 4.08. The number of amides is 1. The van der Waals surface area contributed by atoms with Crippen molar-refractivity contribution in [2.24, 2.45) is 0 Å². The zero-order valence-electron chi connectivity index (χ0n) is 14.8. The third-order valence-electron chi connectivity index (χ3n) is 5.34. The number of rotatable bonds is 2. The summed E-state index contributed by atoms with van der Waals surface area (Å²) < 4.78 is 0. The normalized spacial score (nSPS) is 20.3. The molecule has 0 spiro atoms. The Morgan fingerprint density at radius 3 is 2.64 bits per heavy atom. The molecule has 2 aliphatic heterocycles. The minimum absolute atomic E-state index is 0.0730. The third-order valence-corrected chi connectivity index (χ3v) is 5.34. The monoisotopic (exact) mass is 335 g/mol. The second-order valence-electron chi connectivity index (χ2n) is 7.16. The van der Waals surface area contributed by atoms with Gasteiger partial charge in [-0.3, -0.25) is 9.78 Å². The number of nitrogens with zero attached hydrogens (tertiary/aromatic N) is 3. The summed E-state index contributed by atoms with van der Waals surface area (Å²) in [6, 6.07) is 12.9. The molecule has 4 rings (SSSR count). The van der Waals surface area contributed by atoms with Crippen LogP contribution < -0.4 is 4.90 Å². The van der Waals surface area contributed by atoms with E-state index in [-0.39, 0.29) is 5.91 Å². The molecule has 2 aliphatic rings. The number of fused-ring (bicyclic) bond motifs is 1. The van der Waals surface area contributed by atoms with Crippen LogP contribution in [0.2, 0.25) is 0 Å². The van der Waals surface area contributed by atoms with Crippen molar-refractivity contribution >= 4 is 17.3 Å². The van der Waals surface area contributed by atoms with E-state index in [0.29, 0.717) is 11.7 Å². The Kier molecular flexibility index (Phi) is 4.43. The first-order chi connectivity index (χ1) is 12.2. The molecular weight excluding hydrogens is 310 g/mol. The quantitative estimate of drug-likeness (QED) is 0.826. The highest BCUT2D eigenvalue weighted by Gasteiger charge is 2.28. The van der Waals surface area contributed by atoms with Crippen molar-refractivity contribution in [1.82, 2.24) is 9.88 Å². The molecule has 1 atom stereocenters. The zero-order valence-corrected chi connectivity index (χ0v) is 14.8. The lowest BCUT2D eigenvalue weighted by atomic mass is 10.1. The van der Waals surface area contributed by atoms with Crippen LogP contribution in [0.3, 0.4) is 0 Å². The molecule has 1 amide bonds. The van der Waals surface area contributed by atoms with Gasteiger partial charge in [-0.25, -0.2) is 0 Å². The number of likely N-dealkylation sites (tertiary alicyclic amines) is 1. The van der Waals surface area contributed by atoms with Crippen molar-refractivity contribution in [2.45, 2.75) is 45.1 Å². The number of carbonyl (C=O) groups excluding carboxylic acids is 1. The van der Waals surface area contributed by atoms with Gasteiger partial charge >= 0.3 is 0 Å². The van der Waals surface area contributed by atoms with Gasteiger partial charge in [-0.2, -0.15) is 0 Å². The summed E-state index contributed by atoms with van der Waals surface area (Å²) in [5, 5.41) is 0. The first-order valence-electron chi connectivity index (χ1n) is 9.36. The summed E-state index contributed by atoms with van der Waals surface area (Å²) in [7, 11) is 0. The van der Waals surface area contributed by atoms with Gasteiger partial charge in [-0.15, -0.1) is 0 Å². The van der Waals surface area contributed by atoms with Crippen molar-refractivity contribution in [3.63, 3.8) is 0 Å². The van der Waals surface area contributed by atoms with Gasteiger partial charge in [0, 0.05) is 36.7 Å². The van der Waals surface area contributed by atoms with Crippen molar-refractivity contribution in [1.29, 1.82) is 0 Å². The molecule has 130 valence electrons. The van der Waals surface area contributed by atoms with E-state index >= 15 is 0 Å². The van der Waals surface area contributed by atoms with E-state index in [1.165, 1.54) is 24.1 Å². The Labute approximate surface area is 149 Å². The van der Waals surface area contributed by atoms with Gasteiger partial charge in [0.05, 0.1) is 0 Å². The van der Waals surface area contributed by atoms with Gasteiger partial charge in [-0.1, -0.05) is 31.0 Å². The summed E-state index contributed by atoms with van der Waals surface area (Å²) >= 11 is 0. The molecule has 1 aromatic carbocycles. The maximum atomic E-state index is 12.9. The van der Waals surface area contributed by atoms with Crippen LogP contribution in [0.4, 0.5) is 11.4 Å². The second kappa shape index (κ2) is 6.87. The zero-order chi connectivity index (χ0) is 17.2. The van der Waals surface area contributed by atoms with Gasteiger partial charge in [0.1, 0.15) is 5.69 Å². The van der Waals surface area contributed by atoms with Crippen LogP contribution in [-0.2, 0) is 6.42 Å². The largest absolute Gasteiger partial charge is 0.338 e. The Morgan fingerprint density at radius 2 is 1.84 bits per heavy atom. The number of benzene rings is 1. The first-order valence-corrected chi connectivity index (χ1v) is 9.36. The molecule has 1 unspecified atom stereocenters. The van der Waals surface area contributed by atoms with Gasteiger partial charge < -0.3 is 9.80 Å². The summed E-state index contributed by atoms with van der Waals surface area (Å²) in [4.78, 5) is 21.6. The van der Waals surface area contributed by atoms with E-state index in [9.17, 15) is 4.79 Å². The summed E-state index contributed by atoms with van der Waals surface area (Å²) in [5.74, 6) is 0.0730. The number of hydrogen-bond donors (Lipinski definition) is 0. The van der Waals surface area contributed by atoms with E-state index in [1.54, 1.807) is 6.20 Å². The van der Waals surface area contributed by atoms with Crippen LogP contribution in [0.5, 0.6) is 0 Å². The van der Waals surface area contributed by atoms with Crippen molar-refractivity contribution in [2.75, 3.05) is 18.0 Å². The lowest BCUT2D eigenvalue weighted by Gasteiger charge is -2.26. The smallest absolute Gasteiger partial charge is 0.272 e. The van der Waals surface area contributed by atoms with Crippen LogP contribution in [-0.4, -0.2) is 34.9 Å². The van der Waals surface area contributed by atoms with Crippen LogP contribution in [0.15, 0.2) is 42.6 Å². The van der Waals surface area contributed by atoms with Gasteiger partial charge in [0.2, 0.25) is 0 Å². The molecule has 25 heavy (non-hydrogen) atoms. The van der Waals surface area contributed by atoms with Crippen LogP contribution in [0.1, 0.15) is 48.7 Å². The van der Waals surface area contributed by atoms with Crippen molar-refractivity contribution < 1.29 is 4.79 Å². The fraction of sp³-hybridized carbons (Fsp3) is 0.429. The standard InChI is InChI=1S/C21H25N3O/c1-16-14-17-8-4-5-9-20(17)24(16)18-10-11-22-19(15-18)21(25)23-12-6-2-3-7-13-23/h4-5,8-11,15-16H,2-3,6-7,12-14H2,1H3. The molecule has 0 radical (unpaired) electrons. The van der Waals surface area contributed by atoms with E-state index in [0.717, 1.165) is 38.0 Å². The van der Waals surface area contributed by atoms with Gasteiger partial charge in [0.25, 0.3) is 5.91 Å². The maximum absolute atomic E-state index is 12.9. The van der Waals surface area contributed by atoms with Crippen molar-refractivity contribution in [3.05, 3.63) is 53.9 Å². The molecule has 4 heteroatoms. The Bertz CT molecular complexity index is 765. The topological polar surface area (TPSA) is 36.4 Å². The minimum Gasteiger partial charge on any atom is -0.338 e. The summed E-state index contributed by atoms with van der Waals surface area (Å²) in [5.41, 5.74) is 4.24. The van der Waals surface area contributed by atoms with Crippen molar-refractivity contribution in [3.8, 4) is 0 Å². The summed E-state index contributed by atoms with van der Waals surface area (Å²) in [6.07, 6.45) is 7.45. The van der Waals surface area contributed by atoms with Gasteiger partial charge in [0.15, 0.2) is 0 Å². The Balaban J connectivity index is 1.62. The number of para-hydroxylation sites is 1. The predicted molar refractivity (Wildman–Crippen MR) is 100 cm³/mol. The number of aromatic nitrogens is 1. The highest BCUT2D eigenvalue weighted by Crippen LogP contribution is 2.38. The Morgan fingerprint density at radius 1 is 1.08 bits per heavy atom. The van der Waals surface area contributed by atoms with Crippen LogP contribution in [0, 0.1) is 0 Å². The molecule has 0 saturated carbocycles. The molecule has 0 aliphatic carbocycles. The molecule has 1 aromatic heterocycles. The molecule has 0 bridgehead atoms. The number of hydrogen-bond acceptors (Lipinski definition) is 3. The SMILES string of the molecule is CC1Cc2ccccc2N1c1ccnc(C(=O)N2CCCCCC2)c1. The van der Waals surface area contributed by atoms with E-state index in [4.69, 9.17) is 0 Å². The van der Waals surface area contributed by atoms with Crippen LogP contribution >= 0.6 is 0 Å². The number of carbonyl (C=O) groups is 1. The van der Waals surface area contributed by atoms with E-state index in [1.807, 2.05) is 17.0 Å². The lowest BCUT2D eigenvalue weighted by Crippen LogP contribution is -2.32. The highest BCUT2D eigenvalue weighted by molar-refractivity contribution is 5.93. The molecule has 4 nitrogen and oxygen atoms in total.